The minimum Gasteiger partial charge on any atom is -0.462 e. The summed E-state index contributed by atoms with van der Waals surface area (Å²) in [6.45, 7) is 12.5. The van der Waals surface area contributed by atoms with Crippen LogP contribution in [-0.4, -0.2) is 0 Å². The van der Waals surface area contributed by atoms with Crippen molar-refractivity contribution in [2.24, 2.45) is 11.8 Å². The molecule has 0 aliphatic heterocycles. The summed E-state index contributed by atoms with van der Waals surface area (Å²) in [4.78, 5) is 0. The lowest BCUT2D eigenvalue weighted by molar-refractivity contribution is 0.315. The Balaban J connectivity index is 2.68. The van der Waals surface area contributed by atoms with E-state index < -0.39 is 0 Å². The third-order valence-corrected chi connectivity index (χ3v) is 3.43. The fourth-order valence-electron chi connectivity index (χ4n) is 2.04. The summed E-state index contributed by atoms with van der Waals surface area (Å²) in [6, 6.07) is 4.60. The van der Waals surface area contributed by atoms with Crippen LogP contribution in [0.2, 0.25) is 0 Å². The molecule has 0 spiro atoms. The van der Waals surface area contributed by atoms with Gasteiger partial charge in [0.1, 0.15) is 11.6 Å². The molecule has 106 valence electrons. The number of hydrogen-bond acceptors (Lipinski definition) is 1. The zero-order valence-electron chi connectivity index (χ0n) is 12.5. The van der Waals surface area contributed by atoms with Crippen LogP contribution in [0, 0.1) is 24.6 Å². The van der Waals surface area contributed by atoms with Crippen LogP contribution in [0.4, 0.5) is 4.39 Å². The number of allylic oxidation sites excluding steroid dienone is 1. The third-order valence-electron chi connectivity index (χ3n) is 3.43. The highest BCUT2D eigenvalue weighted by Crippen LogP contribution is 2.27. The molecule has 1 unspecified atom stereocenters. The molecule has 0 bridgehead atoms. The van der Waals surface area contributed by atoms with E-state index in [0.717, 1.165) is 30.6 Å². The van der Waals surface area contributed by atoms with Gasteiger partial charge in [-0.2, -0.15) is 0 Å². The highest BCUT2D eigenvalue weighted by atomic mass is 19.1. The molecule has 0 aliphatic carbocycles. The Hall–Kier alpha value is -1.31. The van der Waals surface area contributed by atoms with E-state index in [9.17, 15) is 4.39 Å². The fourth-order valence-corrected chi connectivity index (χ4v) is 2.04. The summed E-state index contributed by atoms with van der Waals surface area (Å²) < 4.78 is 19.0. The SMILES string of the molecule is C=C(Oc1cc(F)ccc1C)C(CC)CCC(C)C. The van der Waals surface area contributed by atoms with E-state index in [1.165, 1.54) is 12.1 Å². The molecule has 0 saturated heterocycles. The first-order chi connectivity index (χ1) is 8.93. The van der Waals surface area contributed by atoms with Crippen LogP contribution in [0.5, 0.6) is 5.75 Å². The topological polar surface area (TPSA) is 9.23 Å². The van der Waals surface area contributed by atoms with Gasteiger partial charge in [-0.05, 0) is 37.3 Å². The Labute approximate surface area is 116 Å². The lowest BCUT2D eigenvalue weighted by atomic mass is 9.94. The minimum atomic E-state index is -0.274. The standard InChI is InChI=1S/C17H25FO/c1-6-15(9-7-12(2)3)14(5)19-17-11-16(18)10-8-13(17)4/h8,10-12,15H,5-7,9H2,1-4H3. The Kier molecular flexibility index (Phi) is 6.07. The van der Waals surface area contributed by atoms with Crippen molar-refractivity contribution in [3.63, 3.8) is 0 Å². The average molecular weight is 264 g/mol. The molecule has 1 atom stereocenters. The van der Waals surface area contributed by atoms with Crippen molar-refractivity contribution in [1.82, 2.24) is 0 Å². The molecular weight excluding hydrogens is 239 g/mol. The number of benzene rings is 1. The monoisotopic (exact) mass is 264 g/mol. The molecule has 0 radical (unpaired) electrons. The number of aryl methyl sites for hydroxylation is 1. The molecule has 0 heterocycles. The average Bonchev–Trinajstić information content (AvgIpc) is 2.34. The lowest BCUT2D eigenvalue weighted by Gasteiger charge is -2.20. The van der Waals surface area contributed by atoms with E-state index in [4.69, 9.17) is 4.74 Å². The highest BCUT2D eigenvalue weighted by molar-refractivity contribution is 5.34. The van der Waals surface area contributed by atoms with E-state index in [0.29, 0.717) is 17.6 Å². The van der Waals surface area contributed by atoms with E-state index in [-0.39, 0.29) is 5.82 Å². The van der Waals surface area contributed by atoms with Gasteiger partial charge >= 0.3 is 0 Å². The molecule has 1 aromatic rings. The molecule has 2 heteroatoms. The van der Waals surface area contributed by atoms with Gasteiger partial charge in [-0.15, -0.1) is 0 Å². The normalized spacial score (nSPS) is 12.5. The largest absolute Gasteiger partial charge is 0.462 e. The molecular formula is C17H25FO. The van der Waals surface area contributed by atoms with Crippen molar-refractivity contribution in [2.45, 2.75) is 47.0 Å². The lowest BCUT2D eigenvalue weighted by Crippen LogP contribution is -2.10. The number of ether oxygens (including phenoxy) is 1. The first kappa shape index (κ1) is 15.7. The van der Waals surface area contributed by atoms with Crippen molar-refractivity contribution < 1.29 is 9.13 Å². The molecule has 19 heavy (non-hydrogen) atoms. The molecule has 0 saturated carbocycles. The number of hydrogen-bond donors (Lipinski definition) is 0. The van der Waals surface area contributed by atoms with Crippen LogP contribution in [0.25, 0.3) is 0 Å². The van der Waals surface area contributed by atoms with Gasteiger partial charge in [-0.3, -0.25) is 0 Å². The van der Waals surface area contributed by atoms with E-state index in [1.54, 1.807) is 6.07 Å². The molecule has 0 N–H and O–H groups in total. The Bertz CT molecular complexity index is 423. The van der Waals surface area contributed by atoms with Gasteiger partial charge in [-0.25, -0.2) is 4.39 Å². The van der Waals surface area contributed by atoms with Crippen LogP contribution < -0.4 is 4.74 Å². The van der Waals surface area contributed by atoms with Gasteiger partial charge < -0.3 is 4.74 Å². The Morgan fingerprint density at radius 2 is 2.00 bits per heavy atom. The van der Waals surface area contributed by atoms with Crippen molar-refractivity contribution in [3.05, 3.63) is 41.9 Å². The number of rotatable bonds is 7. The van der Waals surface area contributed by atoms with Crippen molar-refractivity contribution >= 4 is 0 Å². The van der Waals surface area contributed by atoms with Gasteiger partial charge in [0.05, 0.1) is 5.76 Å². The van der Waals surface area contributed by atoms with Gasteiger partial charge in [0.2, 0.25) is 0 Å². The molecule has 1 rings (SSSR count). The van der Waals surface area contributed by atoms with Crippen LogP contribution in [0.3, 0.4) is 0 Å². The zero-order chi connectivity index (χ0) is 14.4. The fraction of sp³-hybridized carbons (Fsp3) is 0.529. The minimum absolute atomic E-state index is 0.274. The summed E-state index contributed by atoms with van der Waals surface area (Å²) in [5.41, 5.74) is 0.932. The second-order valence-corrected chi connectivity index (χ2v) is 5.55. The first-order valence-corrected chi connectivity index (χ1v) is 7.06. The Morgan fingerprint density at radius 1 is 1.32 bits per heavy atom. The van der Waals surface area contributed by atoms with Gasteiger partial charge in [-0.1, -0.05) is 39.8 Å². The maximum absolute atomic E-state index is 13.2. The highest BCUT2D eigenvalue weighted by Gasteiger charge is 2.14. The maximum Gasteiger partial charge on any atom is 0.132 e. The molecule has 1 aromatic carbocycles. The van der Waals surface area contributed by atoms with Crippen LogP contribution in [0.15, 0.2) is 30.5 Å². The summed E-state index contributed by atoms with van der Waals surface area (Å²) in [5.74, 6) is 2.07. The molecule has 0 fully saturated rings. The van der Waals surface area contributed by atoms with Crippen molar-refractivity contribution in [3.8, 4) is 5.75 Å². The summed E-state index contributed by atoms with van der Waals surface area (Å²) in [7, 11) is 0. The second kappa shape index (κ2) is 7.32. The van der Waals surface area contributed by atoms with Gasteiger partial charge in [0.25, 0.3) is 0 Å². The molecule has 0 amide bonds. The predicted octanol–water partition coefficient (Wildman–Crippen LogP) is 5.49. The van der Waals surface area contributed by atoms with E-state index in [1.807, 2.05) is 6.92 Å². The summed E-state index contributed by atoms with van der Waals surface area (Å²) in [6.07, 6.45) is 3.23. The second-order valence-electron chi connectivity index (χ2n) is 5.55. The summed E-state index contributed by atoms with van der Waals surface area (Å²) in [5, 5.41) is 0. The molecule has 0 aliphatic rings. The Morgan fingerprint density at radius 3 is 2.58 bits per heavy atom. The third kappa shape index (κ3) is 5.06. The van der Waals surface area contributed by atoms with Crippen molar-refractivity contribution in [2.75, 3.05) is 0 Å². The van der Waals surface area contributed by atoms with Crippen LogP contribution in [0.1, 0.15) is 45.6 Å². The molecule has 1 nitrogen and oxygen atoms in total. The predicted molar refractivity (Wildman–Crippen MR) is 78.8 cm³/mol. The van der Waals surface area contributed by atoms with E-state index in [2.05, 4.69) is 27.4 Å². The van der Waals surface area contributed by atoms with Crippen LogP contribution >= 0.6 is 0 Å². The first-order valence-electron chi connectivity index (χ1n) is 7.06. The smallest absolute Gasteiger partial charge is 0.132 e. The zero-order valence-corrected chi connectivity index (χ0v) is 12.5. The van der Waals surface area contributed by atoms with Crippen molar-refractivity contribution in [1.29, 1.82) is 0 Å². The van der Waals surface area contributed by atoms with E-state index >= 15 is 0 Å². The van der Waals surface area contributed by atoms with Crippen LogP contribution in [-0.2, 0) is 0 Å². The maximum atomic E-state index is 13.2. The van der Waals surface area contributed by atoms with Gasteiger partial charge in [0, 0.05) is 12.0 Å². The number of halogens is 1. The quantitative estimate of drug-likeness (QED) is 0.592. The molecule has 0 aromatic heterocycles. The summed E-state index contributed by atoms with van der Waals surface area (Å²) >= 11 is 0. The van der Waals surface area contributed by atoms with Gasteiger partial charge in [0.15, 0.2) is 0 Å².